The van der Waals surface area contributed by atoms with Crippen LogP contribution < -0.4 is 9.47 Å². The molecule has 0 bridgehead atoms. The normalized spacial score (nSPS) is 11.9. The summed E-state index contributed by atoms with van der Waals surface area (Å²) in [5, 5.41) is 18.6. The van der Waals surface area contributed by atoms with Gasteiger partial charge in [0, 0.05) is 48.5 Å². The van der Waals surface area contributed by atoms with E-state index in [-0.39, 0.29) is 13.2 Å². The van der Waals surface area contributed by atoms with Gasteiger partial charge in [0.05, 0.1) is 26.4 Å². The number of ether oxygens (including phenoxy) is 4. The summed E-state index contributed by atoms with van der Waals surface area (Å²) in [7, 11) is 0. The molecule has 43 heavy (non-hydrogen) atoms. The third-order valence-corrected chi connectivity index (χ3v) is 6.40. The van der Waals surface area contributed by atoms with Gasteiger partial charge in [-0.15, -0.1) is 0 Å². The molecular weight excluding hydrogens is 556 g/mol. The first kappa shape index (κ1) is 34.1. The molecule has 0 saturated heterocycles. The van der Waals surface area contributed by atoms with E-state index in [0.717, 1.165) is 35.4 Å². The molecule has 10 heteroatoms. The lowest BCUT2D eigenvalue weighted by molar-refractivity contribution is -0.138. The van der Waals surface area contributed by atoms with E-state index in [2.05, 4.69) is 13.2 Å². The van der Waals surface area contributed by atoms with Gasteiger partial charge < -0.3 is 29.2 Å². The maximum atomic E-state index is 11.4. The predicted molar refractivity (Wildman–Crippen MR) is 159 cm³/mol. The van der Waals surface area contributed by atoms with Crippen molar-refractivity contribution in [1.29, 1.82) is 0 Å². The zero-order chi connectivity index (χ0) is 31.7. The fourth-order valence-electron chi connectivity index (χ4n) is 4.13. The maximum absolute atomic E-state index is 11.4. The zero-order valence-electron chi connectivity index (χ0n) is 24.0. The van der Waals surface area contributed by atoms with E-state index in [4.69, 9.17) is 18.9 Å². The molecule has 0 spiro atoms. The zero-order valence-corrected chi connectivity index (χ0v) is 24.0. The van der Waals surface area contributed by atoms with Gasteiger partial charge in [0.2, 0.25) is 0 Å². The van der Waals surface area contributed by atoms with Crippen LogP contribution in [0.15, 0.2) is 98.1 Å². The van der Waals surface area contributed by atoms with Crippen molar-refractivity contribution in [2.45, 2.75) is 25.2 Å². The van der Waals surface area contributed by atoms with E-state index in [1.54, 1.807) is 24.3 Å². The van der Waals surface area contributed by atoms with Crippen molar-refractivity contribution < 1.29 is 48.3 Å². The smallest absolute Gasteiger partial charge is 0.330 e. The average molecular weight is 593 g/mol. The van der Waals surface area contributed by atoms with Crippen molar-refractivity contribution in [3.63, 3.8) is 0 Å². The highest BCUT2D eigenvalue weighted by Crippen LogP contribution is 2.42. The van der Waals surface area contributed by atoms with Gasteiger partial charge in [-0.3, -0.25) is 0 Å². The summed E-state index contributed by atoms with van der Waals surface area (Å²) < 4.78 is 21.4. The summed E-state index contributed by atoms with van der Waals surface area (Å²) in [6.45, 7) is 9.58. The van der Waals surface area contributed by atoms with Crippen molar-refractivity contribution in [2.24, 2.45) is 5.92 Å². The number of allylic oxidation sites excluding steroid dienone is 2. The molecule has 2 N–H and O–H groups in total. The van der Waals surface area contributed by atoms with Crippen LogP contribution in [0.2, 0.25) is 0 Å². The third kappa shape index (κ3) is 11.3. The molecule has 2 aromatic rings. The molecule has 0 heterocycles. The van der Waals surface area contributed by atoms with Crippen molar-refractivity contribution in [3.8, 4) is 11.5 Å². The average Bonchev–Trinajstić information content (AvgIpc) is 3.00. The molecule has 0 atom stereocenters. The Morgan fingerprint density at radius 2 is 1.07 bits per heavy atom. The summed E-state index contributed by atoms with van der Waals surface area (Å²) in [5.41, 5.74) is 0.632. The second-order valence-corrected chi connectivity index (χ2v) is 9.32. The maximum Gasteiger partial charge on any atom is 0.330 e. The molecule has 10 nitrogen and oxygen atoms in total. The van der Waals surface area contributed by atoms with Crippen molar-refractivity contribution in [1.82, 2.24) is 0 Å². The van der Waals surface area contributed by atoms with Gasteiger partial charge >= 0.3 is 23.9 Å². The first-order valence-electron chi connectivity index (χ1n) is 13.5. The fraction of sp³-hybridized carbons (Fsp3) is 0.273. The number of aliphatic carboxylic acids is 2. The topological polar surface area (TPSA) is 146 Å². The first-order valence-corrected chi connectivity index (χ1v) is 13.5. The van der Waals surface area contributed by atoms with Crippen molar-refractivity contribution in [3.05, 3.63) is 109 Å². The van der Waals surface area contributed by atoms with E-state index in [1.807, 2.05) is 31.2 Å². The monoisotopic (exact) mass is 592 g/mol. The summed E-state index contributed by atoms with van der Waals surface area (Å²) in [6, 6.07) is 14.4. The minimum atomic E-state index is -1.17. The molecule has 2 rings (SSSR count). The van der Waals surface area contributed by atoms with Crippen LogP contribution in [0.3, 0.4) is 0 Å². The van der Waals surface area contributed by atoms with Crippen LogP contribution in [0.25, 0.3) is 0 Å². The first-order chi connectivity index (χ1) is 20.6. The number of esters is 2. The van der Waals surface area contributed by atoms with Crippen molar-refractivity contribution >= 4 is 23.9 Å². The van der Waals surface area contributed by atoms with Gasteiger partial charge in [-0.25, -0.2) is 19.2 Å². The highest BCUT2D eigenvalue weighted by atomic mass is 16.5. The van der Waals surface area contributed by atoms with Gasteiger partial charge in [0.25, 0.3) is 0 Å². The van der Waals surface area contributed by atoms with E-state index >= 15 is 0 Å². The van der Waals surface area contributed by atoms with Crippen LogP contribution in [-0.2, 0) is 34.1 Å². The van der Waals surface area contributed by atoms with E-state index < -0.39 is 35.2 Å². The second kappa shape index (κ2) is 17.6. The largest absolute Gasteiger partial charge is 0.493 e. The lowest BCUT2D eigenvalue weighted by Gasteiger charge is -2.36. The third-order valence-electron chi connectivity index (χ3n) is 6.40. The van der Waals surface area contributed by atoms with Gasteiger partial charge in [-0.05, 0) is 35.4 Å². The molecule has 0 fully saturated rings. The minimum Gasteiger partial charge on any atom is -0.493 e. The molecule has 0 aliphatic heterocycles. The number of benzene rings is 2. The Hall–Kier alpha value is -5.12. The molecule has 0 aliphatic carbocycles. The standard InChI is InChI=1S/C33H36O10/c1-4-31(38)42-22-6-20-40-27-14-8-24(9-15-27)33(3,26(12-18-29(34)35)13-19-30(36)37)25-10-16-28(17-11-25)41-21-7-23-43-32(39)5-2/h4-5,8-19,26H,1-2,6-7,20-23H2,3H3,(H,34,35)(H,36,37). The molecule has 0 saturated carbocycles. The lowest BCUT2D eigenvalue weighted by atomic mass is 9.67. The molecule has 0 aromatic heterocycles. The fourth-order valence-corrected chi connectivity index (χ4v) is 4.13. The van der Waals surface area contributed by atoms with Crippen LogP contribution in [0, 0.1) is 5.92 Å². The SMILES string of the molecule is C=CC(=O)OCCCOc1ccc(C(C)(c2ccc(OCCCOC(=O)C=C)cc2)C(C=CC(=O)O)C=CC(=O)O)cc1. The van der Waals surface area contributed by atoms with E-state index in [0.29, 0.717) is 37.6 Å². The van der Waals surface area contributed by atoms with Crippen LogP contribution in [-0.4, -0.2) is 60.5 Å². The van der Waals surface area contributed by atoms with E-state index in [9.17, 15) is 29.4 Å². The van der Waals surface area contributed by atoms with Crippen LogP contribution >= 0.6 is 0 Å². The Balaban J connectivity index is 2.31. The van der Waals surface area contributed by atoms with E-state index in [1.165, 1.54) is 12.2 Å². The highest BCUT2D eigenvalue weighted by Gasteiger charge is 2.35. The van der Waals surface area contributed by atoms with Gasteiger partial charge in [-0.1, -0.05) is 56.5 Å². The van der Waals surface area contributed by atoms with Gasteiger partial charge in [0.15, 0.2) is 0 Å². The van der Waals surface area contributed by atoms with Gasteiger partial charge in [-0.2, -0.15) is 0 Å². The summed E-state index contributed by atoms with van der Waals surface area (Å²) in [4.78, 5) is 45.1. The van der Waals surface area contributed by atoms with Crippen molar-refractivity contribution in [2.75, 3.05) is 26.4 Å². The number of carboxylic acids is 2. The Morgan fingerprint density at radius 3 is 1.40 bits per heavy atom. The molecule has 228 valence electrons. The number of carboxylic acid groups (broad SMARTS) is 2. The Morgan fingerprint density at radius 1 is 0.698 bits per heavy atom. The Kier molecular flexibility index (Phi) is 14.0. The summed E-state index contributed by atoms with van der Waals surface area (Å²) in [5.74, 6) is -2.86. The number of carbonyl (C=O) groups excluding carboxylic acids is 2. The number of carbonyl (C=O) groups is 4. The Labute approximate surface area is 250 Å². The second-order valence-electron chi connectivity index (χ2n) is 9.32. The molecular formula is C33H36O10. The quantitative estimate of drug-likeness (QED) is 0.131. The molecule has 0 unspecified atom stereocenters. The molecule has 0 amide bonds. The predicted octanol–water partition coefficient (Wildman–Crippen LogP) is 4.89. The van der Waals surface area contributed by atoms with Crippen LogP contribution in [0.1, 0.15) is 30.9 Å². The van der Waals surface area contributed by atoms with Crippen LogP contribution in [0.5, 0.6) is 11.5 Å². The van der Waals surface area contributed by atoms with Crippen LogP contribution in [0.4, 0.5) is 0 Å². The summed E-state index contributed by atoms with van der Waals surface area (Å²) >= 11 is 0. The molecule has 0 aliphatic rings. The lowest BCUT2D eigenvalue weighted by Crippen LogP contribution is -2.32. The molecule has 0 radical (unpaired) electrons. The Bertz CT molecular complexity index is 1210. The molecule has 2 aromatic carbocycles. The number of hydrogen-bond acceptors (Lipinski definition) is 8. The number of rotatable bonds is 19. The number of hydrogen-bond donors (Lipinski definition) is 2. The highest BCUT2D eigenvalue weighted by molar-refractivity contribution is 5.82. The van der Waals surface area contributed by atoms with Gasteiger partial charge in [0.1, 0.15) is 11.5 Å². The minimum absolute atomic E-state index is 0.191. The summed E-state index contributed by atoms with van der Waals surface area (Å²) in [6.07, 6.45) is 8.02.